The highest BCUT2D eigenvalue weighted by atomic mass is 16.3. The van der Waals surface area contributed by atoms with Crippen LogP contribution in [0.3, 0.4) is 0 Å². The molecule has 0 saturated carbocycles. The van der Waals surface area contributed by atoms with Crippen molar-refractivity contribution in [2.24, 2.45) is 0 Å². The second-order valence-electron chi connectivity index (χ2n) is 4.63. The van der Waals surface area contributed by atoms with E-state index in [1.165, 1.54) is 44.9 Å². The van der Waals surface area contributed by atoms with Crippen LogP contribution in [0, 0.1) is 0 Å². The molecule has 0 aromatic rings. The van der Waals surface area contributed by atoms with Crippen molar-refractivity contribution in [3.8, 4) is 0 Å². The lowest BCUT2D eigenvalue weighted by Crippen LogP contribution is -2.06. The van der Waals surface area contributed by atoms with Gasteiger partial charge in [-0.3, -0.25) is 0 Å². The summed E-state index contributed by atoms with van der Waals surface area (Å²) in [6.45, 7) is 7.90. The number of rotatable bonds is 10. The lowest BCUT2D eigenvalue weighted by molar-refractivity contribution is 0.196. The average Bonchev–Trinajstić information content (AvgIpc) is 2.21. The fourth-order valence-electron chi connectivity index (χ4n) is 1.72. The zero-order valence-corrected chi connectivity index (χ0v) is 10.6. The molecule has 0 aliphatic rings. The number of hydrogen-bond donors (Lipinski definition) is 1. The van der Waals surface area contributed by atoms with E-state index in [9.17, 15) is 5.11 Å². The first-order chi connectivity index (χ1) is 7.18. The Bertz CT molecular complexity index is 151. The predicted molar refractivity (Wildman–Crippen MR) is 68.0 cm³/mol. The lowest BCUT2D eigenvalue weighted by Gasteiger charge is -2.09. The van der Waals surface area contributed by atoms with Crippen LogP contribution in [0.15, 0.2) is 12.2 Å². The average molecular weight is 212 g/mol. The molecule has 0 aliphatic heterocycles. The molecular weight excluding hydrogens is 184 g/mol. The van der Waals surface area contributed by atoms with Gasteiger partial charge in [0.1, 0.15) is 0 Å². The first-order valence-corrected chi connectivity index (χ1v) is 6.52. The Labute approximate surface area is 95.6 Å². The zero-order valence-electron chi connectivity index (χ0n) is 10.6. The summed E-state index contributed by atoms with van der Waals surface area (Å²) < 4.78 is 0. The van der Waals surface area contributed by atoms with Gasteiger partial charge in [0.15, 0.2) is 0 Å². The molecule has 1 heteroatoms. The highest BCUT2D eigenvalue weighted by Gasteiger charge is 2.02. The van der Waals surface area contributed by atoms with Crippen LogP contribution in [0.5, 0.6) is 0 Å². The molecule has 0 rings (SSSR count). The summed E-state index contributed by atoms with van der Waals surface area (Å²) in [4.78, 5) is 0. The van der Waals surface area contributed by atoms with Gasteiger partial charge in [0.25, 0.3) is 0 Å². The highest BCUT2D eigenvalue weighted by Crippen LogP contribution is 2.12. The minimum Gasteiger partial charge on any atom is -0.389 e. The van der Waals surface area contributed by atoms with Crippen molar-refractivity contribution in [1.82, 2.24) is 0 Å². The monoisotopic (exact) mass is 212 g/mol. The molecule has 90 valence electrons. The second-order valence-corrected chi connectivity index (χ2v) is 4.63. The number of unbranched alkanes of at least 4 members (excludes halogenated alkanes) is 7. The smallest absolute Gasteiger partial charge is 0.0744 e. The van der Waals surface area contributed by atoms with Gasteiger partial charge in [-0.05, 0) is 13.3 Å². The van der Waals surface area contributed by atoms with Gasteiger partial charge >= 0.3 is 0 Å². The van der Waals surface area contributed by atoms with Gasteiger partial charge in [-0.1, -0.05) is 70.4 Å². The molecule has 1 N–H and O–H groups in total. The second kappa shape index (κ2) is 10.2. The topological polar surface area (TPSA) is 20.2 Å². The van der Waals surface area contributed by atoms with Crippen LogP contribution in [-0.4, -0.2) is 11.2 Å². The molecular formula is C14H28O. The molecule has 0 bridgehead atoms. The van der Waals surface area contributed by atoms with Crippen molar-refractivity contribution in [1.29, 1.82) is 0 Å². The van der Waals surface area contributed by atoms with Crippen molar-refractivity contribution < 1.29 is 5.11 Å². The largest absolute Gasteiger partial charge is 0.389 e. The van der Waals surface area contributed by atoms with E-state index >= 15 is 0 Å². The van der Waals surface area contributed by atoms with Gasteiger partial charge in [0.2, 0.25) is 0 Å². The van der Waals surface area contributed by atoms with Crippen molar-refractivity contribution in [2.75, 3.05) is 0 Å². The highest BCUT2D eigenvalue weighted by molar-refractivity contribution is 4.96. The molecule has 0 radical (unpaired) electrons. The zero-order chi connectivity index (χ0) is 11.5. The maximum absolute atomic E-state index is 9.50. The molecule has 0 amide bonds. The quantitative estimate of drug-likeness (QED) is 0.419. The van der Waals surface area contributed by atoms with Crippen LogP contribution in [0.25, 0.3) is 0 Å². The van der Waals surface area contributed by atoms with Gasteiger partial charge in [0.05, 0.1) is 6.10 Å². The van der Waals surface area contributed by atoms with E-state index in [0.29, 0.717) is 0 Å². The van der Waals surface area contributed by atoms with E-state index in [-0.39, 0.29) is 6.10 Å². The standard InChI is InChI=1S/C14H28O/c1-4-5-6-7-8-9-10-11-12-14(15)13(2)3/h14-15H,2,4-12H2,1,3H3. The van der Waals surface area contributed by atoms with Crippen molar-refractivity contribution in [3.63, 3.8) is 0 Å². The van der Waals surface area contributed by atoms with Gasteiger partial charge < -0.3 is 5.11 Å². The third-order valence-corrected chi connectivity index (χ3v) is 2.90. The van der Waals surface area contributed by atoms with E-state index in [0.717, 1.165) is 18.4 Å². The van der Waals surface area contributed by atoms with Gasteiger partial charge in [-0.2, -0.15) is 0 Å². The fourth-order valence-corrected chi connectivity index (χ4v) is 1.72. The Balaban J connectivity index is 3.08. The van der Waals surface area contributed by atoms with Gasteiger partial charge in [-0.15, -0.1) is 0 Å². The van der Waals surface area contributed by atoms with Crippen molar-refractivity contribution >= 4 is 0 Å². The number of aliphatic hydroxyl groups is 1. The Kier molecular flexibility index (Phi) is 10.0. The van der Waals surface area contributed by atoms with Crippen LogP contribution in [0.4, 0.5) is 0 Å². The SMILES string of the molecule is C=C(C)C(O)CCCCCCCCCC. The summed E-state index contributed by atoms with van der Waals surface area (Å²) in [5.74, 6) is 0. The Morgan fingerprint density at radius 2 is 1.47 bits per heavy atom. The van der Waals surface area contributed by atoms with E-state index in [2.05, 4.69) is 13.5 Å². The molecule has 0 aromatic carbocycles. The third kappa shape index (κ3) is 9.99. The summed E-state index contributed by atoms with van der Waals surface area (Å²) in [6, 6.07) is 0. The van der Waals surface area contributed by atoms with Crippen molar-refractivity contribution in [2.45, 2.75) is 77.7 Å². The Hall–Kier alpha value is -0.300. The Morgan fingerprint density at radius 3 is 1.93 bits per heavy atom. The van der Waals surface area contributed by atoms with Gasteiger partial charge in [0, 0.05) is 0 Å². The molecule has 0 heterocycles. The number of hydrogen-bond acceptors (Lipinski definition) is 1. The van der Waals surface area contributed by atoms with E-state index < -0.39 is 0 Å². The maximum Gasteiger partial charge on any atom is 0.0744 e. The first-order valence-electron chi connectivity index (χ1n) is 6.52. The van der Waals surface area contributed by atoms with Crippen LogP contribution in [0.2, 0.25) is 0 Å². The van der Waals surface area contributed by atoms with Crippen LogP contribution in [-0.2, 0) is 0 Å². The summed E-state index contributed by atoms with van der Waals surface area (Å²) in [5, 5.41) is 9.50. The minimum atomic E-state index is -0.273. The first kappa shape index (κ1) is 14.7. The predicted octanol–water partition coefficient (Wildman–Crippen LogP) is 4.45. The van der Waals surface area contributed by atoms with Crippen LogP contribution >= 0.6 is 0 Å². The van der Waals surface area contributed by atoms with E-state index in [4.69, 9.17) is 0 Å². The van der Waals surface area contributed by atoms with Crippen molar-refractivity contribution in [3.05, 3.63) is 12.2 Å². The molecule has 15 heavy (non-hydrogen) atoms. The van der Waals surface area contributed by atoms with Crippen LogP contribution in [0.1, 0.15) is 71.6 Å². The third-order valence-electron chi connectivity index (χ3n) is 2.90. The molecule has 0 saturated heterocycles. The molecule has 0 aliphatic carbocycles. The molecule has 1 unspecified atom stereocenters. The van der Waals surface area contributed by atoms with Crippen LogP contribution < -0.4 is 0 Å². The normalized spacial score (nSPS) is 12.7. The number of aliphatic hydroxyl groups excluding tert-OH is 1. The maximum atomic E-state index is 9.50. The summed E-state index contributed by atoms with van der Waals surface area (Å²) in [5.41, 5.74) is 0.901. The molecule has 0 fully saturated rings. The molecule has 0 spiro atoms. The van der Waals surface area contributed by atoms with E-state index in [1.807, 2.05) is 6.92 Å². The summed E-state index contributed by atoms with van der Waals surface area (Å²) >= 11 is 0. The molecule has 1 nitrogen and oxygen atoms in total. The lowest BCUT2D eigenvalue weighted by atomic mass is 10.0. The fraction of sp³-hybridized carbons (Fsp3) is 0.857. The van der Waals surface area contributed by atoms with E-state index in [1.54, 1.807) is 0 Å². The molecule has 1 atom stereocenters. The summed E-state index contributed by atoms with van der Waals surface area (Å²) in [7, 11) is 0. The Morgan fingerprint density at radius 1 is 1.00 bits per heavy atom. The van der Waals surface area contributed by atoms with Gasteiger partial charge in [-0.25, -0.2) is 0 Å². The molecule has 0 aromatic heterocycles. The summed E-state index contributed by atoms with van der Waals surface area (Å²) in [6.07, 6.45) is 11.2. The minimum absolute atomic E-state index is 0.273.